The summed E-state index contributed by atoms with van der Waals surface area (Å²) in [4.78, 5) is 13.1. The maximum atomic E-state index is 13.1. The summed E-state index contributed by atoms with van der Waals surface area (Å²) in [6, 6.07) is 28.6. The lowest BCUT2D eigenvalue weighted by molar-refractivity contribution is -0.131. The van der Waals surface area contributed by atoms with Crippen LogP contribution in [0.2, 0.25) is 5.04 Å². The van der Waals surface area contributed by atoms with Crippen LogP contribution >= 0.6 is 0 Å². The summed E-state index contributed by atoms with van der Waals surface area (Å²) < 4.78 is 17.9. The topological polar surface area (TPSA) is 65.0 Å². The number of aliphatic hydroxyl groups excluding tert-OH is 1. The summed E-state index contributed by atoms with van der Waals surface area (Å²) in [6.45, 7) is 11.5. The maximum Gasteiger partial charge on any atom is 0.261 e. The van der Waals surface area contributed by atoms with Gasteiger partial charge in [-0.1, -0.05) is 107 Å². The lowest BCUT2D eigenvalue weighted by Gasteiger charge is -2.43. The molecule has 6 heteroatoms. The van der Waals surface area contributed by atoms with Crippen molar-refractivity contribution in [3.05, 3.63) is 90.5 Å². The van der Waals surface area contributed by atoms with Gasteiger partial charge in [0.2, 0.25) is 0 Å². The maximum absolute atomic E-state index is 13.1. The van der Waals surface area contributed by atoms with Gasteiger partial charge in [-0.05, 0) is 39.5 Å². The molecule has 0 aliphatic rings. The van der Waals surface area contributed by atoms with E-state index in [1.54, 1.807) is 14.0 Å². The Labute approximate surface area is 235 Å². The smallest absolute Gasteiger partial charge is 0.261 e. The van der Waals surface area contributed by atoms with Crippen LogP contribution in [-0.2, 0) is 20.6 Å². The highest BCUT2D eigenvalue weighted by Gasteiger charge is 2.50. The van der Waals surface area contributed by atoms with Crippen LogP contribution in [0.4, 0.5) is 0 Å². The van der Waals surface area contributed by atoms with E-state index >= 15 is 0 Å². The standard InChI is InChI=1S/C33H44O5Si/c1-25(23-37-24-27-17-19-28(36-6)20-18-27)32(35)26(2)31(34)21-22-38-39(33(3,4)5,29-13-9-7-10-14-29)30-15-11-8-12-16-30/h7-20,25-26,31,34H,21-24H2,1-6H3/t25-,26-,31-/m1/s1. The Morgan fingerprint density at radius 1 is 0.872 bits per heavy atom. The van der Waals surface area contributed by atoms with Crippen molar-refractivity contribution in [3.63, 3.8) is 0 Å². The fourth-order valence-electron chi connectivity index (χ4n) is 5.14. The third kappa shape index (κ3) is 7.67. The van der Waals surface area contributed by atoms with Gasteiger partial charge in [-0.25, -0.2) is 0 Å². The zero-order valence-electron chi connectivity index (χ0n) is 24.2. The molecule has 3 rings (SSSR count). The molecule has 3 aromatic carbocycles. The molecular weight excluding hydrogens is 504 g/mol. The fraction of sp³-hybridized carbons (Fsp3) is 0.424. The third-order valence-electron chi connectivity index (χ3n) is 7.46. The second-order valence-corrected chi connectivity index (χ2v) is 15.6. The first kappa shape index (κ1) is 30.8. The number of carbonyl (C=O) groups is 1. The molecule has 0 heterocycles. The van der Waals surface area contributed by atoms with Crippen LogP contribution in [0.15, 0.2) is 84.9 Å². The Balaban J connectivity index is 1.61. The Bertz CT molecular complexity index is 1100. The van der Waals surface area contributed by atoms with E-state index in [9.17, 15) is 9.90 Å². The van der Waals surface area contributed by atoms with Crippen molar-refractivity contribution < 1.29 is 23.8 Å². The Hall–Kier alpha value is -2.77. The Morgan fingerprint density at radius 3 is 1.90 bits per heavy atom. The highest BCUT2D eigenvalue weighted by molar-refractivity contribution is 6.99. The summed E-state index contributed by atoms with van der Waals surface area (Å²) in [5.74, 6) is -0.0236. The molecule has 0 radical (unpaired) electrons. The summed E-state index contributed by atoms with van der Waals surface area (Å²) in [6.07, 6.45) is -0.406. The summed E-state index contributed by atoms with van der Waals surface area (Å²) in [7, 11) is -1.04. The third-order valence-corrected chi connectivity index (χ3v) is 12.5. The molecule has 5 nitrogen and oxygen atoms in total. The van der Waals surface area contributed by atoms with Crippen molar-refractivity contribution in [1.82, 2.24) is 0 Å². The van der Waals surface area contributed by atoms with Crippen molar-refractivity contribution in [3.8, 4) is 5.75 Å². The minimum Gasteiger partial charge on any atom is -0.497 e. The SMILES string of the molecule is COc1ccc(COC[C@@H](C)C(=O)[C@H](C)[C@H](O)CCO[Si](c2ccccc2)(c2ccccc2)C(C)(C)C)cc1. The second-order valence-electron chi connectivity index (χ2n) is 11.3. The predicted molar refractivity (Wildman–Crippen MR) is 160 cm³/mol. The first-order chi connectivity index (χ1) is 18.6. The highest BCUT2D eigenvalue weighted by Crippen LogP contribution is 2.37. The monoisotopic (exact) mass is 548 g/mol. The van der Waals surface area contributed by atoms with Crippen LogP contribution in [0.25, 0.3) is 0 Å². The molecular formula is C33H44O5Si. The van der Waals surface area contributed by atoms with Crippen LogP contribution < -0.4 is 15.1 Å². The average molecular weight is 549 g/mol. The van der Waals surface area contributed by atoms with Crippen LogP contribution in [-0.4, -0.2) is 45.6 Å². The molecule has 0 aliphatic heterocycles. The van der Waals surface area contributed by atoms with Gasteiger partial charge in [-0.15, -0.1) is 0 Å². The van der Waals surface area contributed by atoms with E-state index in [1.165, 1.54) is 10.4 Å². The molecule has 0 aromatic heterocycles. The zero-order valence-corrected chi connectivity index (χ0v) is 25.2. The number of hydrogen-bond donors (Lipinski definition) is 1. The number of benzene rings is 3. The van der Waals surface area contributed by atoms with Crippen molar-refractivity contribution >= 4 is 24.5 Å². The molecule has 0 spiro atoms. The Kier molecular flexibility index (Phi) is 11.1. The zero-order chi connectivity index (χ0) is 28.5. The molecule has 1 N–H and O–H groups in total. The molecule has 0 fully saturated rings. The van der Waals surface area contributed by atoms with Gasteiger partial charge in [0.05, 0.1) is 26.4 Å². The number of aliphatic hydroxyl groups is 1. The van der Waals surface area contributed by atoms with Gasteiger partial charge in [-0.2, -0.15) is 0 Å². The molecule has 0 saturated heterocycles. The molecule has 0 aliphatic carbocycles. The van der Waals surface area contributed by atoms with E-state index in [-0.39, 0.29) is 16.7 Å². The summed E-state index contributed by atoms with van der Waals surface area (Å²) >= 11 is 0. The fourth-order valence-corrected chi connectivity index (χ4v) is 9.72. The molecule has 3 aromatic rings. The number of Topliss-reactive ketones (excluding diaryl/α,β-unsaturated/α-hetero) is 1. The van der Waals surface area contributed by atoms with Gasteiger partial charge < -0.3 is 19.0 Å². The first-order valence-electron chi connectivity index (χ1n) is 13.8. The van der Waals surface area contributed by atoms with Gasteiger partial charge in [0.25, 0.3) is 8.32 Å². The Morgan fingerprint density at radius 2 is 1.41 bits per heavy atom. The highest BCUT2D eigenvalue weighted by atomic mass is 28.4. The van der Waals surface area contributed by atoms with Gasteiger partial charge in [-0.3, -0.25) is 4.79 Å². The van der Waals surface area contributed by atoms with Crippen molar-refractivity contribution in [1.29, 1.82) is 0 Å². The molecule has 0 bridgehead atoms. The first-order valence-corrected chi connectivity index (χ1v) is 15.7. The van der Waals surface area contributed by atoms with Crippen LogP contribution in [0.3, 0.4) is 0 Å². The minimum atomic E-state index is -2.68. The van der Waals surface area contributed by atoms with Gasteiger partial charge >= 0.3 is 0 Å². The molecule has 0 saturated carbocycles. The van der Waals surface area contributed by atoms with Gasteiger partial charge in [0.15, 0.2) is 0 Å². The minimum absolute atomic E-state index is 0.00248. The molecule has 39 heavy (non-hydrogen) atoms. The summed E-state index contributed by atoms with van der Waals surface area (Å²) in [5, 5.41) is 13.2. The quantitative estimate of drug-likeness (QED) is 0.274. The number of rotatable bonds is 14. The lowest BCUT2D eigenvalue weighted by Crippen LogP contribution is -2.66. The van der Waals surface area contributed by atoms with E-state index in [1.807, 2.05) is 43.3 Å². The average Bonchev–Trinajstić information content (AvgIpc) is 2.95. The number of methoxy groups -OCH3 is 1. The number of carbonyl (C=O) groups excluding carboxylic acids is 1. The number of hydrogen-bond acceptors (Lipinski definition) is 5. The van der Waals surface area contributed by atoms with E-state index in [2.05, 4.69) is 69.3 Å². The van der Waals surface area contributed by atoms with Crippen LogP contribution in [0, 0.1) is 11.8 Å². The van der Waals surface area contributed by atoms with Gasteiger partial charge in [0.1, 0.15) is 11.5 Å². The second kappa shape index (κ2) is 14.0. The predicted octanol–water partition coefficient (Wildman–Crippen LogP) is 5.38. The van der Waals surface area contributed by atoms with E-state index < -0.39 is 20.3 Å². The number of ether oxygens (including phenoxy) is 2. The summed E-state index contributed by atoms with van der Waals surface area (Å²) in [5.41, 5.74) is 1.02. The normalized spacial score (nSPS) is 14.4. The van der Waals surface area contributed by atoms with Crippen molar-refractivity contribution in [2.24, 2.45) is 11.8 Å². The van der Waals surface area contributed by atoms with Gasteiger partial charge in [0, 0.05) is 18.4 Å². The van der Waals surface area contributed by atoms with Crippen LogP contribution in [0.5, 0.6) is 5.75 Å². The van der Waals surface area contributed by atoms with Crippen molar-refractivity contribution in [2.75, 3.05) is 20.3 Å². The molecule has 0 unspecified atom stereocenters. The number of ketones is 1. The molecule has 0 amide bonds. The van der Waals surface area contributed by atoms with E-state index in [4.69, 9.17) is 13.9 Å². The molecule has 210 valence electrons. The van der Waals surface area contributed by atoms with Crippen molar-refractivity contribution in [2.45, 2.75) is 58.8 Å². The lowest BCUT2D eigenvalue weighted by atomic mass is 9.90. The largest absolute Gasteiger partial charge is 0.497 e. The van der Waals surface area contributed by atoms with E-state index in [0.717, 1.165) is 11.3 Å². The van der Waals surface area contributed by atoms with Crippen LogP contribution in [0.1, 0.15) is 46.6 Å². The van der Waals surface area contributed by atoms with E-state index in [0.29, 0.717) is 26.2 Å². The molecule has 3 atom stereocenters.